The zero-order valence-corrected chi connectivity index (χ0v) is 10.2. The van der Waals surface area contributed by atoms with Gasteiger partial charge in [-0.2, -0.15) is 34.6 Å². The van der Waals surface area contributed by atoms with Crippen LogP contribution in [0, 0.1) is 19.8 Å². The summed E-state index contributed by atoms with van der Waals surface area (Å²) in [5.41, 5.74) is 0. The van der Waals surface area contributed by atoms with Crippen molar-refractivity contribution >= 4 is 0 Å². The summed E-state index contributed by atoms with van der Waals surface area (Å²) in [6.45, 7) is 13.0. The quantitative estimate of drug-likeness (QED) is 0.602. The molecule has 0 aliphatic heterocycles. The Morgan fingerprint density at radius 1 is 0.778 bits per heavy atom. The molecule has 0 heterocycles. The molecule has 0 saturated carbocycles. The van der Waals surface area contributed by atoms with Crippen LogP contribution in [0.25, 0.3) is 0 Å². The van der Waals surface area contributed by atoms with E-state index in [-0.39, 0.29) is 21.1 Å². The van der Waals surface area contributed by atoms with E-state index in [0.717, 1.165) is 0 Å². The van der Waals surface area contributed by atoms with Crippen molar-refractivity contribution in [1.82, 2.24) is 0 Å². The second kappa shape index (κ2) is 71.1. The zero-order valence-electron chi connectivity index (χ0n) is 7.27. The Hall–Kier alpha value is 0.688. The summed E-state index contributed by atoms with van der Waals surface area (Å²) in [5, 5.41) is 0. The molecule has 0 spiro atoms. The van der Waals surface area contributed by atoms with E-state index in [2.05, 4.69) is 6.92 Å². The summed E-state index contributed by atoms with van der Waals surface area (Å²) in [4.78, 5) is 0. The molecule has 0 rings (SSSR count). The van der Waals surface area contributed by atoms with Crippen molar-refractivity contribution in [3.8, 4) is 0 Å². The minimum Gasteiger partial charge on any atom is -0.346 e. The number of rotatable bonds is 0. The normalized spacial score (nSPS) is 4.67. The van der Waals surface area contributed by atoms with Gasteiger partial charge in [0.25, 0.3) is 0 Å². The first-order valence-electron chi connectivity index (χ1n) is 3.02. The van der Waals surface area contributed by atoms with Crippen LogP contribution < -0.4 is 0 Å². The maximum Gasteiger partial charge on any atom is 0 e. The third-order valence-electron chi connectivity index (χ3n) is 0. The van der Waals surface area contributed by atoms with Crippen molar-refractivity contribution in [3.05, 3.63) is 19.8 Å². The van der Waals surface area contributed by atoms with Crippen molar-refractivity contribution in [1.29, 1.82) is 0 Å². The molecule has 0 aromatic heterocycles. The topological polar surface area (TPSA) is 0 Å². The van der Waals surface area contributed by atoms with Crippen molar-refractivity contribution < 1.29 is 21.1 Å². The SMILES string of the molecule is C[CH-]C.C[CH-]C.[CH2-]C.[W]. The Morgan fingerprint density at radius 3 is 0.778 bits per heavy atom. The van der Waals surface area contributed by atoms with Gasteiger partial charge in [-0.1, -0.05) is 0 Å². The zero-order chi connectivity index (χ0) is 7.41. The van der Waals surface area contributed by atoms with E-state index in [0.29, 0.717) is 0 Å². The van der Waals surface area contributed by atoms with Crippen LogP contribution in [0.15, 0.2) is 0 Å². The van der Waals surface area contributed by atoms with Gasteiger partial charge in [-0.15, -0.1) is 0 Å². The second-order valence-corrected chi connectivity index (χ2v) is 1.15. The van der Waals surface area contributed by atoms with Gasteiger partial charge < -0.3 is 19.8 Å². The molecular formula is C8H19W-3. The Balaban J connectivity index is -0.0000000202. The standard InChI is InChI=1S/2C3H7.C2H5.W/c2*1-3-2;1-2;/h2*3H,1-2H3;1H2,2H3;/q3*-1;. The smallest absolute Gasteiger partial charge is 0 e. The Morgan fingerprint density at radius 2 is 0.778 bits per heavy atom. The Kier molecular flexibility index (Phi) is 178. The summed E-state index contributed by atoms with van der Waals surface area (Å²) >= 11 is 0. The third kappa shape index (κ3) is 820. The van der Waals surface area contributed by atoms with E-state index in [1.54, 1.807) is 6.92 Å². The maximum absolute atomic E-state index is 3.25. The van der Waals surface area contributed by atoms with Gasteiger partial charge in [0.15, 0.2) is 0 Å². The molecule has 0 radical (unpaired) electrons. The molecule has 0 unspecified atom stereocenters. The van der Waals surface area contributed by atoms with E-state index in [1.165, 1.54) is 0 Å². The summed E-state index contributed by atoms with van der Waals surface area (Å²) in [6, 6.07) is 0. The second-order valence-electron chi connectivity index (χ2n) is 1.15. The molecule has 0 aromatic rings. The molecule has 1 heteroatoms. The average molecular weight is 299 g/mol. The van der Waals surface area contributed by atoms with Crippen molar-refractivity contribution in [2.45, 2.75) is 34.6 Å². The molecule has 60 valence electrons. The fourth-order valence-corrected chi connectivity index (χ4v) is 0. The van der Waals surface area contributed by atoms with E-state index in [1.807, 2.05) is 40.5 Å². The predicted molar refractivity (Wildman–Crippen MR) is 42.3 cm³/mol. The van der Waals surface area contributed by atoms with Gasteiger partial charge in [-0.3, -0.25) is 0 Å². The monoisotopic (exact) mass is 299 g/mol. The molecule has 0 nitrogen and oxygen atoms in total. The van der Waals surface area contributed by atoms with Crippen LogP contribution in [0.4, 0.5) is 0 Å². The van der Waals surface area contributed by atoms with Crippen LogP contribution >= 0.6 is 0 Å². The molecule has 9 heavy (non-hydrogen) atoms. The van der Waals surface area contributed by atoms with Crippen molar-refractivity contribution in [2.24, 2.45) is 0 Å². The van der Waals surface area contributed by atoms with E-state index in [9.17, 15) is 0 Å². The van der Waals surface area contributed by atoms with E-state index < -0.39 is 0 Å². The third-order valence-corrected chi connectivity index (χ3v) is 0. The fraction of sp³-hybridized carbons (Fsp3) is 0.625. The Labute approximate surface area is 75.7 Å². The molecule has 0 atom stereocenters. The Bertz CT molecular complexity index is 6.53. The van der Waals surface area contributed by atoms with Crippen LogP contribution in [-0.2, 0) is 21.1 Å². The first kappa shape index (κ1) is 22.6. The molecular weight excluding hydrogens is 280 g/mol. The molecule has 0 aromatic carbocycles. The van der Waals surface area contributed by atoms with Crippen LogP contribution in [0.1, 0.15) is 34.6 Å². The minimum absolute atomic E-state index is 0. The van der Waals surface area contributed by atoms with Gasteiger partial charge >= 0.3 is 0 Å². The summed E-state index contributed by atoms with van der Waals surface area (Å²) in [7, 11) is 0. The molecule has 0 fully saturated rings. The van der Waals surface area contributed by atoms with Crippen LogP contribution in [0.3, 0.4) is 0 Å². The molecule has 0 amide bonds. The molecule has 0 aliphatic carbocycles. The number of hydrogen-bond donors (Lipinski definition) is 0. The van der Waals surface area contributed by atoms with Crippen molar-refractivity contribution in [3.63, 3.8) is 0 Å². The number of hydrogen-bond acceptors (Lipinski definition) is 0. The first-order valence-corrected chi connectivity index (χ1v) is 3.02. The maximum atomic E-state index is 3.25. The minimum atomic E-state index is 0. The van der Waals surface area contributed by atoms with Gasteiger partial charge in [-0.05, 0) is 0 Å². The molecule has 0 aliphatic rings. The summed E-state index contributed by atoms with van der Waals surface area (Å²) in [6.07, 6.45) is 4.00. The predicted octanol–water partition coefficient (Wildman–Crippen LogP) is 3.30. The summed E-state index contributed by atoms with van der Waals surface area (Å²) in [5.74, 6) is 0. The molecule has 0 bridgehead atoms. The van der Waals surface area contributed by atoms with E-state index >= 15 is 0 Å². The van der Waals surface area contributed by atoms with Gasteiger partial charge in [-0.25, -0.2) is 0 Å². The first-order chi connectivity index (χ1) is 3.83. The largest absolute Gasteiger partial charge is 0.346 e. The fourth-order valence-electron chi connectivity index (χ4n) is 0. The van der Waals surface area contributed by atoms with Crippen molar-refractivity contribution in [2.75, 3.05) is 0 Å². The molecule has 0 saturated heterocycles. The van der Waals surface area contributed by atoms with Gasteiger partial charge in [0.2, 0.25) is 0 Å². The van der Waals surface area contributed by atoms with Crippen LogP contribution in [0.2, 0.25) is 0 Å². The van der Waals surface area contributed by atoms with Crippen LogP contribution in [0.5, 0.6) is 0 Å². The average Bonchev–Trinajstić information content (AvgIpc) is 1.75. The van der Waals surface area contributed by atoms with Gasteiger partial charge in [0.1, 0.15) is 0 Å². The van der Waals surface area contributed by atoms with Gasteiger partial charge in [0, 0.05) is 21.1 Å². The molecule has 0 N–H and O–H groups in total. The van der Waals surface area contributed by atoms with Gasteiger partial charge in [0.05, 0.1) is 0 Å². The van der Waals surface area contributed by atoms with E-state index in [4.69, 9.17) is 0 Å². The van der Waals surface area contributed by atoms with Crippen LogP contribution in [-0.4, -0.2) is 0 Å². The summed E-state index contributed by atoms with van der Waals surface area (Å²) < 4.78 is 0.